The monoisotopic (exact) mass is 965 g/mol. The van der Waals surface area contributed by atoms with Gasteiger partial charge in [-0.25, -0.2) is 0 Å². The van der Waals surface area contributed by atoms with Gasteiger partial charge < -0.3 is 23.5 Å². The lowest BCUT2D eigenvalue weighted by Gasteiger charge is -2.33. The molecule has 348 valence electrons. The summed E-state index contributed by atoms with van der Waals surface area (Å²) >= 11 is 1.84. The molecule has 12 aromatic carbocycles. The van der Waals surface area contributed by atoms with Crippen LogP contribution in [0.1, 0.15) is 0 Å². The maximum Gasteiger partial charge on any atom is 0.159 e. The number of benzene rings is 12. The Morgan fingerprint density at radius 1 is 0.257 bits per heavy atom. The molecule has 0 radical (unpaired) electrons. The smallest absolute Gasteiger partial charge is 0.159 e. The van der Waals surface area contributed by atoms with Crippen molar-refractivity contribution >= 4 is 148 Å². The molecule has 6 heteroatoms. The van der Waals surface area contributed by atoms with Gasteiger partial charge in [-0.05, 0) is 113 Å². The zero-order valence-electron chi connectivity index (χ0n) is 39.9. The summed E-state index contributed by atoms with van der Waals surface area (Å²) in [5.74, 6) is 0. The molecule has 0 aliphatic heterocycles. The molecule has 15 aromatic rings. The van der Waals surface area contributed by atoms with Crippen LogP contribution in [0.2, 0.25) is 0 Å². The average molecular weight is 966 g/mol. The highest BCUT2D eigenvalue weighted by Crippen LogP contribution is 2.51. The minimum Gasteiger partial charge on any atom is -0.454 e. The average Bonchev–Trinajstić information content (AvgIpc) is 4.16. The maximum atomic E-state index is 6.95. The van der Waals surface area contributed by atoms with Crippen LogP contribution in [0.15, 0.2) is 270 Å². The predicted molar refractivity (Wildman–Crippen MR) is 313 cm³/mol. The van der Waals surface area contributed by atoms with Gasteiger partial charge in [0.15, 0.2) is 11.2 Å². The minimum atomic E-state index is 0.808. The molecule has 0 spiro atoms. The van der Waals surface area contributed by atoms with E-state index < -0.39 is 0 Å². The molecule has 0 aliphatic rings. The summed E-state index contributed by atoms with van der Waals surface area (Å²) in [6.07, 6.45) is 0. The Labute approximate surface area is 430 Å². The number of thiophene rings is 1. The van der Waals surface area contributed by atoms with Crippen LogP contribution < -0.4 is 14.7 Å². The van der Waals surface area contributed by atoms with Crippen molar-refractivity contribution in [3.63, 3.8) is 0 Å². The zero-order chi connectivity index (χ0) is 48.7. The van der Waals surface area contributed by atoms with Crippen LogP contribution in [0.3, 0.4) is 0 Å². The summed E-state index contributed by atoms with van der Waals surface area (Å²) < 4.78 is 16.4. The third kappa shape index (κ3) is 6.84. The summed E-state index contributed by atoms with van der Waals surface area (Å²) in [5.41, 5.74) is 12.1. The number of hydrogen-bond acceptors (Lipinski definition) is 6. The molecule has 0 aliphatic carbocycles. The number of rotatable bonds is 9. The first-order chi connectivity index (χ1) is 36.7. The number of fused-ring (bicyclic) bond motifs is 11. The number of nitrogens with zero attached hydrogens (tertiary/aromatic N) is 3. The molecular weight excluding hydrogens is 923 g/mol. The quantitative estimate of drug-likeness (QED) is 0.144. The predicted octanol–water partition coefficient (Wildman–Crippen LogP) is 20.6. The van der Waals surface area contributed by atoms with Crippen molar-refractivity contribution in [1.82, 2.24) is 0 Å². The third-order valence-corrected chi connectivity index (χ3v) is 15.7. The molecule has 3 heterocycles. The van der Waals surface area contributed by atoms with Gasteiger partial charge in [-0.15, -0.1) is 11.3 Å². The molecule has 0 saturated heterocycles. The second-order valence-electron chi connectivity index (χ2n) is 18.9. The summed E-state index contributed by atoms with van der Waals surface area (Å²) in [7, 11) is 0. The van der Waals surface area contributed by atoms with Gasteiger partial charge in [0.25, 0.3) is 0 Å². The van der Waals surface area contributed by atoms with E-state index in [1.807, 2.05) is 23.5 Å². The van der Waals surface area contributed by atoms with Gasteiger partial charge in [0.1, 0.15) is 11.2 Å². The molecule has 74 heavy (non-hydrogen) atoms. The molecule has 0 fully saturated rings. The Balaban J connectivity index is 1.08. The number of hydrogen-bond donors (Lipinski definition) is 0. The molecule has 0 N–H and O–H groups in total. The number of anilines is 9. The first-order valence-corrected chi connectivity index (χ1v) is 25.8. The highest BCUT2D eigenvalue weighted by atomic mass is 32.1. The normalized spacial score (nSPS) is 11.8. The lowest BCUT2D eigenvalue weighted by Crippen LogP contribution is -2.16. The van der Waals surface area contributed by atoms with Gasteiger partial charge in [0.2, 0.25) is 0 Å². The summed E-state index contributed by atoms with van der Waals surface area (Å²) in [5, 5.41) is 11.3. The molecule has 0 amide bonds. The molecular formula is C68H43N3O2S. The lowest BCUT2D eigenvalue weighted by atomic mass is 10.0. The molecule has 0 unspecified atom stereocenters. The van der Waals surface area contributed by atoms with Crippen molar-refractivity contribution < 1.29 is 8.83 Å². The van der Waals surface area contributed by atoms with E-state index in [1.54, 1.807) is 0 Å². The Morgan fingerprint density at radius 2 is 0.676 bits per heavy atom. The fraction of sp³-hybridized carbons (Fsp3) is 0. The fourth-order valence-electron chi connectivity index (χ4n) is 11.2. The van der Waals surface area contributed by atoms with E-state index in [0.29, 0.717) is 0 Å². The SMILES string of the molecule is c1ccc(N(c2cc(N(c3ccc4ccccc4c3)c3cccc4c3oc3ccccc34)cc(N(c3ccc4ccccc4c3)c3cccc4c3oc3ccccc34)c2)c2cccc3c2sc2ccccc23)cc1. The van der Waals surface area contributed by atoms with E-state index >= 15 is 0 Å². The molecule has 0 bridgehead atoms. The van der Waals surface area contributed by atoms with E-state index in [0.717, 1.165) is 106 Å². The van der Waals surface area contributed by atoms with Crippen molar-refractivity contribution in [2.45, 2.75) is 0 Å². The Morgan fingerprint density at radius 3 is 1.23 bits per heavy atom. The van der Waals surface area contributed by atoms with E-state index in [-0.39, 0.29) is 0 Å². The fourth-order valence-corrected chi connectivity index (χ4v) is 12.4. The van der Waals surface area contributed by atoms with Gasteiger partial charge in [0.05, 0.1) is 38.8 Å². The van der Waals surface area contributed by atoms with Crippen LogP contribution in [-0.4, -0.2) is 0 Å². The molecule has 15 rings (SSSR count). The van der Waals surface area contributed by atoms with Gasteiger partial charge in [-0.1, -0.05) is 170 Å². The van der Waals surface area contributed by atoms with Crippen molar-refractivity contribution in [2.24, 2.45) is 0 Å². The highest BCUT2D eigenvalue weighted by molar-refractivity contribution is 7.26. The largest absolute Gasteiger partial charge is 0.454 e. The minimum absolute atomic E-state index is 0.808. The van der Waals surface area contributed by atoms with Crippen molar-refractivity contribution in [1.29, 1.82) is 0 Å². The first kappa shape index (κ1) is 42.1. The molecule has 0 atom stereocenters. The van der Waals surface area contributed by atoms with Crippen LogP contribution >= 0.6 is 11.3 Å². The summed E-state index contributed by atoms with van der Waals surface area (Å²) in [6.45, 7) is 0. The maximum absolute atomic E-state index is 6.95. The van der Waals surface area contributed by atoms with Crippen LogP contribution in [0.25, 0.3) is 85.6 Å². The first-order valence-electron chi connectivity index (χ1n) is 25.0. The second-order valence-corrected chi connectivity index (χ2v) is 19.9. The van der Waals surface area contributed by atoms with Crippen LogP contribution in [0.4, 0.5) is 51.2 Å². The highest BCUT2D eigenvalue weighted by Gasteiger charge is 2.27. The van der Waals surface area contributed by atoms with Crippen molar-refractivity contribution in [2.75, 3.05) is 14.7 Å². The van der Waals surface area contributed by atoms with Gasteiger partial charge in [0, 0.05) is 54.1 Å². The molecule has 0 saturated carbocycles. The van der Waals surface area contributed by atoms with E-state index in [4.69, 9.17) is 8.83 Å². The van der Waals surface area contributed by atoms with Crippen LogP contribution in [0.5, 0.6) is 0 Å². The summed E-state index contributed by atoms with van der Waals surface area (Å²) in [6, 6.07) is 93.7. The lowest BCUT2D eigenvalue weighted by molar-refractivity contribution is 0.669. The standard InChI is InChI=1S/C68H43N3O2S/c1-2-21-48(22-3-1)69(62-31-16-28-59-56-25-10-13-34-65(56)74-68(59)62)51-41-52(70(49-37-35-44-17-4-6-19-46(44)39-49)60-29-14-26-57-54-23-8-11-32-63(54)72-66(57)60)43-53(42-51)71(50-38-36-45-18-5-7-20-47(45)40-50)61-30-15-27-58-55-24-9-12-33-64(55)73-67(58)61/h1-43H. The second kappa shape index (κ2) is 17.0. The Hall–Kier alpha value is -9.62. The van der Waals surface area contributed by atoms with Crippen molar-refractivity contribution in [3.8, 4) is 0 Å². The van der Waals surface area contributed by atoms with E-state index in [9.17, 15) is 0 Å². The zero-order valence-corrected chi connectivity index (χ0v) is 40.7. The van der Waals surface area contributed by atoms with Crippen LogP contribution in [-0.2, 0) is 0 Å². The van der Waals surface area contributed by atoms with Gasteiger partial charge in [-0.2, -0.15) is 0 Å². The summed E-state index contributed by atoms with van der Waals surface area (Å²) in [4.78, 5) is 7.20. The third-order valence-electron chi connectivity index (χ3n) is 14.5. The number of furan rings is 2. The number of para-hydroxylation sites is 5. The Bertz CT molecular complexity index is 4450. The molecule has 3 aromatic heterocycles. The topological polar surface area (TPSA) is 36.0 Å². The van der Waals surface area contributed by atoms with Gasteiger partial charge >= 0.3 is 0 Å². The van der Waals surface area contributed by atoms with Crippen LogP contribution in [0, 0.1) is 0 Å². The van der Waals surface area contributed by atoms with E-state index in [2.05, 4.69) is 263 Å². The van der Waals surface area contributed by atoms with E-state index in [1.165, 1.54) is 30.9 Å². The molecule has 5 nitrogen and oxygen atoms in total. The van der Waals surface area contributed by atoms with Gasteiger partial charge in [-0.3, -0.25) is 0 Å². The van der Waals surface area contributed by atoms with Crippen molar-refractivity contribution in [3.05, 3.63) is 261 Å². The Kier molecular flexibility index (Phi) is 9.68.